The van der Waals surface area contributed by atoms with Crippen LogP contribution in [0.2, 0.25) is 0 Å². The van der Waals surface area contributed by atoms with E-state index in [1.807, 2.05) is 18.3 Å². The SMILES string of the molecule is O=C(Nc1ncc(Cc2cccc(Br)c2)s1)C1CCCNC1. The van der Waals surface area contributed by atoms with Crippen LogP contribution >= 0.6 is 27.3 Å². The molecule has 1 atom stereocenters. The van der Waals surface area contributed by atoms with E-state index in [2.05, 4.69) is 43.7 Å². The van der Waals surface area contributed by atoms with E-state index in [9.17, 15) is 4.79 Å². The Bertz CT molecular complexity index is 652. The van der Waals surface area contributed by atoms with Gasteiger partial charge in [0.1, 0.15) is 0 Å². The van der Waals surface area contributed by atoms with Crippen molar-refractivity contribution in [3.8, 4) is 0 Å². The minimum Gasteiger partial charge on any atom is -0.316 e. The summed E-state index contributed by atoms with van der Waals surface area (Å²) in [5.74, 6) is 0.140. The minimum absolute atomic E-state index is 0.0613. The highest BCUT2D eigenvalue weighted by Crippen LogP contribution is 2.23. The standard InChI is InChI=1S/C16H18BrN3OS/c17-13-5-1-3-11(7-13)8-14-10-19-16(22-14)20-15(21)12-4-2-6-18-9-12/h1,3,5,7,10,12,18H,2,4,6,8-9H2,(H,19,20,21). The van der Waals surface area contributed by atoms with Crippen molar-refractivity contribution in [1.29, 1.82) is 0 Å². The molecule has 0 aliphatic carbocycles. The van der Waals surface area contributed by atoms with Crippen LogP contribution in [0.3, 0.4) is 0 Å². The number of amides is 1. The Morgan fingerprint density at radius 1 is 1.50 bits per heavy atom. The van der Waals surface area contributed by atoms with Gasteiger partial charge in [-0.15, -0.1) is 11.3 Å². The van der Waals surface area contributed by atoms with Gasteiger partial charge in [0.2, 0.25) is 5.91 Å². The molecular weight excluding hydrogens is 362 g/mol. The second-order valence-corrected chi connectivity index (χ2v) is 7.50. The fourth-order valence-electron chi connectivity index (χ4n) is 2.58. The number of hydrogen-bond acceptors (Lipinski definition) is 4. The van der Waals surface area contributed by atoms with Crippen molar-refractivity contribution in [3.05, 3.63) is 45.4 Å². The molecule has 3 rings (SSSR count). The van der Waals surface area contributed by atoms with Crippen LogP contribution in [0.1, 0.15) is 23.3 Å². The predicted molar refractivity (Wildman–Crippen MR) is 93.3 cm³/mol. The largest absolute Gasteiger partial charge is 0.316 e. The molecule has 0 spiro atoms. The quantitative estimate of drug-likeness (QED) is 0.855. The molecule has 1 aliphatic heterocycles. The van der Waals surface area contributed by atoms with Gasteiger partial charge in [-0.3, -0.25) is 4.79 Å². The van der Waals surface area contributed by atoms with Crippen molar-refractivity contribution in [2.24, 2.45) is 5.92 Å². The van der Waals surface area contributed by atoms with Crippen molar-refractivity contribution in [2.75, 3.05) is 18.4 Å². The average molecular weight is 380 g/mol. The third-order valence-electron chi connectivity index (χ3n) is 3.72. The molecule has 0 radical (unpaired) electrons. The molecule has 1 saturated heterocycles. The van der Waals surface area contributed by atoms with E-state index >= 15 is 0 Å². The maximum Gasteiger partial charge on any atom is 0.230 e. The lowest BCUT2D eigenvalue weighted by Crippen LogP contribution is -2.37. The van der Waals surface area contributed by atoms with Crippen LogP contribution in [0.15, 0.2) is 34.9 Å². The number of aromatic nitrogens is 1. The molecule has 1 aromatic carbocycles. The molecule has 2 aromatic rings. The lowest BCUT2D eigenvalue weighted by Gasteiger charge is -2.21. The van der Waals surface area contributed by atoms with Crippen LogP contribution in [-0.2, 0) is 11.2 Å². The number of nitrogens with one attached hydrogen (secondary N) is 2. The van der Waals surface area contributed by atoms with Crippen molar-refractivity contribution in [3.63, 3.8) is 0 Å². The Morgan fingerprint density at radius 2 is 2.41 bits per heavy atom. The zero-order valence-corrected chi connectivity index (χ0v) is 14.5. The topological polar surface area (TPSA) is 54.0 Å². The predicted octanol–water partition coefficient (Wildman–Crippen LogP) is 3.43. The van der Waals surface area contributed by atoms with Crippen LogP contribution in [0, 0.1) is 5.92 Å². The number of rotatable bonds is 4. The fourth-order valence-corrected chi connectivity index (χ4v) is 3.87. The number of halogens is 1. The van der Waals surface area contributed by atoms with Crippen LogP contribution in [0.25, 0.3) is 0 Å². The maximum atomic E-state index is 12.2. The van der Waals surface area contributed by atoms with Gasteiger partial charge in [-0.05, 0) is 37.1 Å². The van der Waals surface area contributed by atoms with Gasteiger partial charge in [-0.25, -0.2) is 4.98 Å². The third kappa shape index (κ3) is 4.15. The van der Waals surface area contributed by atoms with E-state index in [1.165, 1.54) is 5.56 Å². The van der Waals surface area contributed by atoms with Crippen LogP contribution in [0.4, 0.5) is 5.13 Å². The van der Waals surface area contributed by atoms with Gasteiger partial charge in [0.25, 0.3) is 0 Å². The molecule has 6 heteroatoms. The first-order valence-corrected chi connectivity index (χ1v) is 9.02. The van der Waals surface area contributed by atoms with Crippen LogP contribution in [0.5, 0.6) is 0 Å². The number of anilines is 1. The first-order valence-electron chi connectivity index (χ1n) is 7.41. The Labute approximate surface area is 142 Å². The van der Waals surface area contributed by atoms with Crippen molar-refractivity contribution in [1.82, 2.24) is 10.3 Å². The summed E-state index contributed by atoms with van der Waals surface area (Å²) in [5, 5.41) is 6.91. The highest BCUT2D eigenvalue weighted by Gasteiger charge is 2.21. The van der Waals surface area contributed by atoms with Crippen LogP contribution < -0.4 is 10.6 Å². The van der Waals surface area contributed by atoms with E-state index in [-0.39, 0.29) is 11.8 Å². The second kappa shape index (κ2) is 7.35. The molecule has 116 valence electrons. The Morgan fingerprint density at radius 3 is 3.18 bits per heavy atom. The molecule has 1 unspecified atom stereocenters. The second-order valence-electron chi connectivity index (χ2n) is 5.47. The first kappa shape index (κ1) is 15.6. The molecule has 4 nitrogen and oxygen atoms in total. The molecule has 0 saturated carbocycles. The first-order chi connectivity index (χ1) is 10.7. The molecule has 2 heterocycles. The van der Waals surface area contributed by atoms with Crippen LogP contribution in [-0.4, -0.2) is 24.0 Å². The number of nitrogens with zero attached hydrogens (tertiary/aromatic N) is 1. The Kier molecular flexibility index (Phi) is 5.23. The molecule has 1 aromatic heterocycles. The Balaban J connectivity index is 1.60. The number of benzene rings is 1. The molecule has 2 N–H and O–H groups in total. The van der Waals surface area contributed by atoms with Crippen molar-refractivity contribution >= 4 is 38.3 Å². The lowest BCUT2D eigenvalue weighted by atomic mass is 9.99. The molecule has 22 heavy (non-hydrogen) atoms. The number of thiazole rings is 1. The minimum atomic E-state index is 0.0613. The molecule has 1 aliphatic rings. The van der Waals surface area contributed by atoms with Gasteiger partial charge in [-0.1, -0.05) is 28.1 Å². The summed E-state index contributed by atoms with van der Waals surface area (Å²) in [7, 11) is 0. The van der Waals surface area contributed by atoms with Crippen molar-refractivity contribution in [2.45, 2.75) is 19.3 Å². The highest BCUT2D eigenvalue weighted by atomic mass is 79.9. The van der Waals surface area contributed by atoms with Gasteiger partial charge >= 0.3 is 0 Å². The number of carbonyl (C=O) groups excluding carboxylic acids is 1. The summed E-state index contributed by atoms with van der Waals surface area (Å²) in [6.07, 6.45) is 4.69. The summed E-state index contributed by atoms with van der Waals surface area (Å²) >= 11 is 5.03. The zero-order valence-electron chi connectivity index (χ0n) is 12.1. The maximum absolute atomic E-state index is 12.2. The highest BCUT2D eigenvalue weighted by molar-refractivity contribution is 9.10. The van der Waals surface area contributed by atoms with E-state index in [1.54, 1.807) is 11.3 Å². The van der Waals surface area contributed by atoms with Gasteiger partial charge < -0.3 is 10.6 Å². The van der Waals surface area contributed by atoms with E-state index in [0.717, 1.165) is 41.7 Å². The average Bonchev–Trinajstić information content (AvgIpc) is 2.95. The lowest BCUT2D eigenvalue weighted by molar-refractivity contribution is -0.120. The number of piperidine rings is 1. The monoisotopic (exact) mass is 379 g/mol. The summed E-state index contributed by atoms with van der Waals surface area (Å²) in [4.78, 5) is 17.7. The smallest absolute Gasteiger partial charge is 0.230 e. The van der Waals surface area contributed by atoms with Crippen molar-refractivity contribution < 1.29 is 4.79 Å². The third-order valence-corrected chi connectivity index (χ3v) is 5.12. The summed E-state index contributed by atoms with van der Waals surface area (Å²) < 4.78 is 1.08. The van der Waals surface area contributed by atoms with E-state index in [4.69, 9.17) is 0 Å². The summed E-state index contributed by atoms with van der Waals surface area (Å²) in [6, 6.07) is 8.24. The summed E-state index contributed by atoms with van der Waals surface area (Å²) in [6.45, 7) is 1.78. The van der Waals surface area contributed by atoms with Gasteiger partial charge in [0.15, 0.2) is 5.13 Å². The Hall–Kier alpha value is -1.24. The molecule has 1 amide bonds. The van der Waals surface area contributed by atoms with Gasteiger partial charge in [0, 0.05) is 28.5 Å². The molecular formula is C16H18BrN3OS. The normalized spacial score (nSPS) is 18.1. The van der Waals surface area contributed by atoms with Gasteiger partial charge in [-0.2, -0.15) is 0 Å². The number of hydrogen-bond donors (Lipinski definition) is 2. The fraction of sp³-hybridized carbons (Fsp3) is 0.375. The van der Waals surface area contributed by atoms with E-state index < -0.39 is 0 Å². The zero-order chi connectivity index (χ0) is 15.4. The van der Waals surface area contributed by atoms with Gasteiger partial charge in [0.05, 0.1) is 5.92 Å². The summed E-state index contributed by atoms with van der Waals surface area (Å²) in [5.41, 5.74) is 1.23. The molecule has 0 bridgehead atoms. The molecule has 1 fully saturated rings. The number of carbonyl (C=O) groups is 1. The van der Waals surface area contributed by atoms with E-state index in [0.29, 0.717) is 5.13 Å².